The SMILES string of the molecule is COC(=O)C[C@@H]1CCCCN1[C@H](C)c1ccccc1. The molecule has 0 spiro atoms. The zero-order valence-corrected chi connectivity index (χ0v) is 11.8. The molecule has 0 N–H and O–H groups in total. The molecule has 0 aliphatic carbocycles. The van der Waals surface area contributed by atoms with Crippen LogP contribution >= 0.6 is 0 Å². The van der Waals surface area contributed by atoms with Gasteiger partial charge in [0.2, 0.25) is 0 Å². The summed E-state index contributed by atoms with van der Waals surface area (Å²) in [5.41, 5.74) is 1.32. The van der Waals surface area contributed by atoms with Crippen molar-refractivity contribution in [3.63, 3.8) is 0 Å². The lowest BCUT2D eigenvalue weighted by Crippen LogP contribution is -2.42. The van der Waals surface area contributed by atoms with Crippen LogP contribution in [-0.4, -0.2) is 30.6 Å². The van der Waals surface area contributed by atoms with Crippen LogP contribution in [0.4, 0.5) is 0 Å². The van der Waals surface area contributed by atoms with Crippen molar-refractivity contribution >= 4 is 5.97 Å². The number of rotatable bonds is 4. The molecule has 1 aromatic rings. The number of likely N-dealkylation sites (tertiary alicyclic amines) is 1. The second kappa shape index (κ2) is 6.71. The summed E-state index contributed by atoms with van der Waals surface area (Å²) in [7, 11) is 1.47. The first-order valence-electron chi connectivity index (χ1n) is 7.10. The van der Waals surface area contributed by atoms with Crippen LogP contribution in [0.2, 0.25) is 0 Å². The Bertz CT molecular complexity index is 404. The molecule has 2 rings (SSSR count). The maximum Gasteiger partial charge on any atom is 0.307 e. The highest BCUT2D eigenvalue weighted by Gasteiger charge is 2.29. The minimum atomic E-state index is -0.0999. The lowest BCUT2D eigenvalue weighted by Gasteiger charge is -2.39. The number of benzene rings is 1. The summed E-state index contributed by atoms with van der Waals surface area (Å²) in [5.74, 6) is -0.0999. The molecule has 19 heavy (non-hydrogen) atoms. The van der Waals surface area contributed by atoms with E-state index in [4.69, 9.17) is 4.74 Å². The molecule has 0 amide bonds. The van der Waals surface area contributed by atoms with Crippen LogP contribution in [0.3, 0.4) is 0 Å². The number of carbonyl (C=O) groups excluding carboxylic acids is 1. The first kappa shape index (κ1) is 14.1. The Labute approximate surface area is 115 Å². The number of methoxy groups -OCH3 is 1. The monoisotopic (exact) mass is 261 g/mol. The minimum Gasteiger partial charge on any atom is -0.469 e. The van der Waals surface area contributed by atoms with Crippen LogP contribution in [0, 0.1) is 0 Å². The molecule has 0 aromatic heterocycles. The zero-order chi connectivity index (χ0) is 13.7. The number of hydrogen-bond acceptors (Lipinski definition) is 3. The Morgan fingerprint density at radius 2 is 2.11 bits per heavy atom. The van der Waals surface area contributed by atoms with E-state index in [0.717, 1.165) is 13.0 Å². The van der Waals surface area contributed by atoms with Crippen LogP contribution in [0.5, 0.6) is 0 Å². The fourth-order valence-corrected chi connectivity index (χ4v) is 2.95. The van der Waals surface area contributed by atoms with Gasteiger partial charge in [0, 0.05) is 12.1 Å². The molecule has 0 saturated carbocycles. The van der Waals surface area contributed by atoms with E-state index >= 15 is 0 Å². The van der Waals surface area contributed by atoms with Gasteiger partial charge in [0.15, 0.2) is 0 Å². The van der Waals surface area contributed by atoms with Crippen LogP contribution < -0.4 is 0 Å². The van der Waals surface area contributed by atoms with Crippen LogP contribution in [0.15, 0.2) is 30.3 Å². The van der Waals surface area contributed by atoms with Gasteiger partial charge in [0.1, 0.15) is 0 Å². The van der Waals surface area contributed by atoms with E-state index in [1.165, 1.54) is 25.5 Å². The molecule has 1 saturated heterocycles. The van der Waals surface area contributed by atoms with Crippen molar-refractivity contribution in [1.29, 1.82) is 0 Å². The van der Waals surface area contributed by atoms with Gasteiger partial charge in [-0.15, -0.1) is 0 Å². The van der Waals surface area contributed by atoms with Crippen LogP contribution in [0.1, 0.15) is 44.2 Å². The van der Waals surface area contributed by atoms with Crippen LogP contribution in [0.25, 0.3) is 0 Å². The van der Waals surface area contributed by atoms with Gasteiger partial charge >= 0.3 is 5.97 Å². The van der Waals surface area contributed by atoms with Crippen molar-refractivity contribution in [3.8, 4) is 0 Å². The molecule has 3 heteroatoms. The van der Waals surface area contributed by atoms with Crippen molar-refractivity contribution in [2.75, 3.05) is 13.7 Å². The van der Waals surface area contributed by atoms with Crippen molar-refractivity contribution in [3.05, 3.63) is 35.9 Å². The Hall–Kier alpha value is -1.35. The topological polar surface area (TPSA) is 29.5 Å². The summed E-state index contributed by atoms with van der Waals surface area (Å²) in [6.07, 6.45) is 4.02. The summed E-state index contributed by atoms with van der Waals surface area (Å²) in [6, 6.07) is 11.2. The summed E-state index contributed by atoms with van der Waals surface area (Å²) >= 11 is 0. The van der Waals surface area contributed by atoms with Gasteiger partial charge in [0.25, 0.3) is 0 Å². The number of esters is 1. The molecule has 1 aromatic carbocycles. The second-order valence-electron chi connectivity index (χ2n) is 5.25. The zero-order valence-electron chi connectivity index (χ0n) is 11.8. The maximum atomic E-state index is 11.5. The van der Waals surface area contributed by atoms with Crippen molar-refractivity contribution in [2.24, 2.45) is 0 Å². The molecule has 1 aliphatic heterocycles. The smallest absolute Gasteiger partial charge is 0.307 e. The number of nitrogens with zero attached hydrogens (tertiary/aromatic N) is 1. The Morgan fingerprint density at radius 1 is 1.37 bits per heavy atom. The van der Waals surface area contributed by atoms with Gasteiger partial charge in [-0.3, -0.25) is 9.69 Å². The normalized spacial score (nSPS) is 21.9. The van der Waals surface area contributed by atoms with Crippen molar-refractivity contribution in [1.82, 2.24) is 4.90 Å². The molecular formula is C16H23NO2. The van der Waals surface area contributed by atoms with E-state index in [1.54, 1.807) is 0 Å². The van der Waals surface area contributed by atoms with E-state index in [1.807, 2.05) is 6.07 Å². The minimum absolute atomic E-state index is 0.0999. The summed E-state index contributed by atoms with van der Waals surface area (Å²) in [5, 5.41) is 0. The summed E-state index contributed by atoms with van der Waals surface area (Å²) in [4.78, 5) is 14.0. The second-order valence-corrected chi connectivity index (χ2v) is 5.25. The number of ether oxygens (including phenoxy) is 1. The van der Waals surface area contributed by atoms with E-state index in [9.17, 15) is 4.79 Å². The van der Waals surface area contributed by atoms with E-state index in [2.05, 4.69) is 36.1 Å². The van der Waals surface area contributed by atoms with Crippen molar-refractivity contribution < 1.29 is 9.53 Å². The lowest BCUT2D eigenvalue weighted by atomic mass is 9.95. The highest BCUT2D eigenvalue weighted by atomic mass is 16.5. The molecule has 0 unspecified atom stereocenters. The predicted molar refractivity (Wildman–Crippen MR) is 75.8 cm³/mol. The highest BCUT2D eigenvalue weighted by Crippen LogP contribution is 2.29. The van der Waals surface area contributed by atoms with E-state index in [-0.39, 0.29) is 5.97 Å². The van der Waals surface area contributed by atoms with Crippen LogP contribution in [-0.2, 0) is 9.53 Å². The van der Waals surface area contributed by atoms with Crippen molar-refractivity contribution in [2.45, 2.75) is 44.7 Å². The Morgan fingerprint density at radius 3 is 2.79 bits per heavy atom. The Balaban J connectivity index is 2.08. The predicted octanol–water partition coefficient (Wildman–Crippen LogP) is 3.17. The average Bonchev–Trinajstić information content (AvgIpc) is 2.48. The molecule has 2 atom stereocenters. The summed E-state index contributed by atoms with van der Waals surface area (Å²) < 4.78 is 4.82. The third kappa shape index (κ3) is 3.57. The van der Waals surface area contributed by atoms with Gasteiger partial charge in [-0.25, -0.2) is 0 Å². The number of hydrogen-bond donors (Lipinski definition) is 0. The average molecular weight is 261 g/mol. The van der Waals surface area contributed by atoms with Gasteiger partial charge in [-0.05, 0) is 31.9 Å². The molecule has 0 radical (unpaired) electrons. The first-order valence-corrected chi connectivity index (χ1v) is 7.10. The summed E-state index contributed by atoms with van der Waals surface area (Å²) in [6.45, 7) is 3.29. The lowest BCUT2D eigenvalue weighted by molar-refractivity contribution is -0.142. The number of piperidine rings is 1. The van der Waals surface area contributed by atoms with Gasteiger partial charge in [-0.1, -0.05) is 36.8 Å². The molecule has 104 valence electrons. The van der Waals surface area contributed by atoms with Gasteiger partial charge in [-0.2, -0.15) is 0 Å². The van der Waals surface area contributed by atoms with E-state index < -0.39 is 0 Å². The molecular weight excluding hydrogens is 238 g/mol. The fourth-order valence-electron chi connectivity index (χ4n) is 2.95. The van der Waals surface area contributed by atoms with Gasteiger partial charge < -0.3 is 4.74 Å². The maximum absolute atomic E-state index is 11.5. The molecule has 1 aliphatic rings. The highest BCUT2D eigenvalue weighted by molar-refractivity contribution is 5.69. The van der Waals surface area contributed by atoms with E-state index in [0.29, 0.717) is 18.5 Å². The first-order chi connectivity index (χ1) is 9.22. The standard InChI is InChI=1S/C16H23NO2/c1-13(14-8-4-3-5-9-14)17-11-7-6-10-15(17)12-16(18)19-2/h3-5,8-9,13,15H,6-7,10-12H2,1-2H3/t13-,15+/m1/s1. The Kier molecular flexibility index (Phi) is 4.97. The molecule has 3 nitrogen and oxygen atoms in total. The molecule has 1 heterocycles. The third-order valence-electron chi connectivity index (χ3n) is 4.08. The van der Waals surface area contributed by atoms with Gasteiger partial charge in [0.05, 0.1) is 13.5 Å². The molecule has 1 fully saturated rings. The quantitative estimate of drug-likeness (QED) is 0.780. The number of carbonyl (C=O) groups is 1. The third-order valence-corrected chi connectivity index (χ3v) is 4.08. The molecule has 0 bridgehead atoms. The fraction of sp³-hybridized carbons (Fsp3) is 0.562. The largest absolute Gasteiger partial charge is 0.469 e.